The first-order valence-electron chi connectivity index (χ1n) is 9.69. The van der Waals surface area contributed by atoms with Crippen LogP contribution in [0.2, 0.25) is 0 Å². The molecule has 7 heteroatoms. The lowest BCUT2D eigenvalue weighted by molar-refractivity contribution is -0.115. The van der Waals surface area contributed by atoms with Crippen LogP contribution in [-0.2, 0) is 17.6 Å². The molecule has 3 aromatic carbocycles. The largest absolute Gasteiger partial charge is 0.497 e. The van der Waals surface area contributed by atoms with Crippen LogP contribution in [0, 0.1) is 5.82 Å². The number of benzene rings is 3. The van der Waals surface area contributed by atoms with E-state index in [1.54, 1.807) is 31.4 Å². The van der Waals surface area contributed by atoms with Crippen LogP contribution in [0.4, 0.5) is 10.1 Å². The van der Waals surface area contributed by atoms with Crippen molar-refractivity contribution in [3.8, 4) is 17.1 Å². The van der Waals surface area contributed by atoms with E-state index in [-0.39, 0.29) is 18.1 Å². The Morgan fingerprint density at radius 2 is 1.77 bits per heavy atom. The Morgan fingerprint density at radius 3 is 2.52 bits per heavy atom. The van der Waals surface area contributed by atoms with Crippen LogP contribution in [0.25, 0.3) is 11.4 Å². The molecule has 0 fully saturated rings. The Bertz CT molecular complexity index is 1170. The Kier molecular flexibility index (Phi) is 6.03. The zero-order valence-corrected chi connectivity index (χ0v) is 16.8. The third kappa shape index (κ3) is 5.33. The minimum atomic E-state index is -0.330. The van der Waals surface area contributed by atoms with Crippen LogP contribution in [0.15, 0.2) is 77.3 Å². The fourth-order valence-corrected chi connectivity index (χ4v) is 3.09. The second-order valence-electron chi connectivity index (χ2n) is 6.97. The molecule has 0 bridgehead atoms. The van der Waals surface area contributed by atoms with Crippen LogP contribution in [0.1, 0.15) is 17.0 Å². The van der Waals surface area contributed by atoms with Gasteiger partial charge in [-0.2, -0.15) is 4.98 Å². The van der Waals surface area contributed by atoms with E-state index in [0.29, 0.717) is 23.8 Å². The molecule has 31 heavy (non-hydrogen) atoms. The fraction of sp³-hybridized carbons (Fsp3) is 0.125. The number of nitrogens with one attached hydrogen (secondary N) is 1. The maximum Gasteiger partial charge on any atom is 0.231 e. The van der Waals surface area contributed by atoms with Gasteiger partial charge in [0.15, 0.2) is 0 Å². The van der Waals surface area contributed by atoms with Crippen LogP contribution < -0.4 is 10.1 Å². The average Bonchev–Trinajstić information content (AvgIpc) is 3.24. The number of ether oxygens (including phenoxy) is 1. The number of carbonyl (C=O) groups is 1. The lowest BCUT2D eigenvalue weighted by Gasteiger charge is -2.06. The lowest BCUT2D eigenvalue weighted by atomic mass is 10.1. The first kappa shape index (κ1) is 20.3. The van der Waals surface area contributed by atoms with Gasteiger partial charge in [0, 0.05) is 11.3 Å². The van der Waals surface area contributed by atoms with Gasteiger partial charge in [0.2, 0.25) is 17.6 Å². The van der Waals surface area contributed by atoms with E-state index >= 15 is 0 Å². The fourth-order valence-electron chi connectivity index (χ4n) is 3.09. The van der Waals surface area contributed by atoms with Crippen molar-refractivity contribution in [3.63, 3.8) is 0 Å². The molecule has 0 saturated heterocycles. The number of anilines is 1. The molecule has 156 valence electrons. The molecule has 1 amide bonds. The zero-order chi connectivity index (χ0) is 21.6. The number of hydrogen-bond donors (Lipinski definition) is 1. The first-order chi connectivity index (χ1) is 15.1. The molecule has 1 N–H and O–H groups in total. The van der Waals surface area contributed by atoms with Crippen LogP contribution in [-0.4, -0.2) is 23.2 Å². The molecule has 0 aliphatic rings. The molecule has 0 saturated carbocycles. The summed E-state index contributed by atoms with van der Waals surface area (Å²) in [7, 11) is 1.62. The summed E-state index contributed by atoms with van der Waals surface area (Å²) in [4.78, 5) is 16.8. The summed E-state index contributed by atoms with van der Waals surface area (Å²) < 4.78 is 23.5. The minimum Gasteiger partial charge on any atom is -0.497 e. The predicted octanol–water partition coefficient (Wildman–Crippen LogP) is 4.66. The zero-order valence-electron chi connectivity index (χ0n) is 16.8. The summed E-state index contributed by atoms with van der Waals surface area (Å²) in [5, 5.41) is 6.90. The monoisotopic (exact) mass is 417 g/mol. The molecule has 6 nitrogen and oxygen atoms in total. The molecular weight excluding hydrogens is 397 g/mol. The van der Waals surface area contributed by atoms with Crippen molar-refractivity contribution in [3.05, 3.63) is 95.6 Å². The van der Waals surface area contributed by atoms with Gasteiger partial charge in [-0.1, -0.05) is 41.6 Å². The van der Waals surface area contributed by atoms with E-state index < -0.39 is 0 Å². The van der Waals surface area contributed by atoms with E-state index in [0.717, 1.165) is 22.4 Å². The van der Waals surface area contributed by atoms with Crippen LogP contribution in [0.5, 0.6) is 5.75 Å². The van der Waals surface area contributed by atoms with Crippen molar-refractivity contribution in [1.82, 2.24) is 10.1 Å². The Morgan fingerprint density at radius 1 is 1.03 bits per heavy atom. The SMILES string of the molecule is COc1ccc(Cc2nc(-c3cccc(NC(=O)Cc4ccc(F)cc4)c3)no2)cc1. The van der Waals surface area contributed by atoms with E-state index in [4.69, 9.17) is 9.26 Å². The van der Waals surface area contributed by atoms with Gasteiger partial charge >= 0.3 is 0 Å². The molecule has 4 aromatic rings. The number of methoxy groups -OCH3 is 1. The topological polar surface area (TPSA) is 77.2 Å². The van der Waals surface area contributed by atoms with Crippen molar-refractivity contribution in [2.24, 2.45) is 0 Å². The van der Waals surface area contributed by atoms with E-state index in [1.165, 1.54) is 12.1 Å². The highest BCUT2D eigenvalue weighted by molar-refractivity contribution is 5.92. The number of carbonyl (C=O) groups excluding carboxylic acids is 1. The maximum atomic E-state index is 13.0. The molecular formula is C24H20FN3O3. The smallest absolute Gasteiger partial charge is 0.231 e. The molecule has 0 atom stereocenters. The second-order valence-corrected chi connectivity index (χ2v) is 6.97. The molecule has 1 heterocycles. The van der Waals surface area contributed by atoms with Crippen molar-refractivity contribution < 1.29 is 18.4 Å². The van der Waals surface area contributed by atoms with Gasteiger partial charge < -0.3 is 14.6 Å². The Balaban J connectivity index is 1.41. The van der Waals surface area contributed by atoms with Gasteiger partial charge in [0.05, 0.1) is 20.0 Å². The van der Waals surface area contributed by atoms with Crippen molar-refractivity contribution in [1.29, 1.82) is 0 Å². The van der Waals surface area contributed by atoms with Crippen LogP contribution in [0.3, 0.4) is 0 Å². The van der Waals surface area contributed by atoms with Gasteiger partial charge in [-0.05, 0) is 47.5 Å². The van der Waals surface area contributed by atoms with Crippen molar-refractivity contribution in [2.45, 2.75) is 12.8 Å². The number of hydrogen-bond acceptors (Lipinski definition) is 5. The first-order valence-corrected chi connectivity index (χ1v) is 9.69. The van der Waals surface area contributed by atoms with Crippen molar-refractivity contribution in [2.75, 3.05) is 12.4 Å². The summed E-state index contributed by atoms with van der Waals surface area (Å²) in [6.45, 7) is 0. The Hall–Kier alpha value is -4.00. The maximum absolute atomic E-state index is 13.0. The highest BCUT2D eigenvalue weighted by atomic mass is 19.1. The van der Waals surface area contributed by atoms with E-state index in [9.17, 15) is 9.18 Å². The normalized spacial score (nSPS) is 10.6. The number of amides is 1. The molecule has 0 radical (unpaired) electrons. The molecule has 0 spiro atoms. The van der Waals surface area contributed by atoms with Gasteiger partial charge in [-0.15, -0.1) is 0 Å². The standard InChI is InChI=1S/C24H20FN3O3/c1-30-21-11-7-17(8-12-21)14-23-27-24(28-31-23)18-3-2-4-20(15-18)26-22(29)13-16-5-9-19(25)10-6-16/h2-12,15H,13-14H2,1H3,(H,26,29). The summed E-state index contributed by atoms with van der Waals surface area (Å²) in [6.07, 6.45) is 0.657. The Labute approximate surface area is 178 Å². The predicted molar refractivity (Wildman–Crippen MR) is 114 cm³/mol. The van der Waals surface area contributed by atoms with Gasteiger partial charge in [0.25, 0.3) is 0 Å². The number of nitrogens with zero attached hydrogens (tertiary/aromatic N) is 2. The van der Waals surface area contributed by atoms with Crippen LogP contribution >= 0.6 is 0 Å². The third-order valence-corrected chi connectivity index (χ3v) is 4.66. The molecule has 4 rings (SSSR count). The quantitative estimate of drug-likeness (QED) is 0.473. The third-order valence-electron chi connectivity index (χ3n) is 4.66. The lowest BCUT2D eigenvalue weighted by Crippen LogP contribution is -2.14. The van der Waals surface area contributed by atoms with Gasteiger partial charge in [-0.3, -0.25) is 4.79 Å². The number of halogens is 1. The molecule has 1 aromatic heterocycles. The number of aromatic nitrogens is 2. The minimum absolute atomic E-state index is 0.152. The molecule has 0 unspecified atom stereocenters. The number of rotatable bonds is 7. The van der Waals surface area contributed by atoms with E-state index in [2.05, 4.69) is 15.5 Å². The van der Waals surface area contributed by atoms with Gasteiger partial charge in [-0.25, -0.2) is 4.39 Å². The summed E-state index contributed by atoms with van der Waals surface area (Å²) in [6, 6.07) is 20.7. The highest BCUT2D eigenvalue weighted by Gasteiger charge is 2.11. The van der Waals surface area contributed by atoms with Gasteiger partial charge in [0.1, 0.15) is 11.6 Å². The molecule has 0 aliphatic heterocycles. The highest BCUT2D eigenvalue weighted by Crippen LogP contribution is 2.22. The second kappa shape index (κ2) is 9.21. The molecule has 0 aliphatic carbocycles. The van der Waals surface area contributed by atoms with Crippen molar-refractivity contribution >= 4 is 11.6 Å². The summed E-state index contributed by atoms with van der Waals surface area (Å²) in [5.74, 6) is 1.19. The average molecular weight is 417 g/mol. The summed E-state index contributed by atoms with van der Waals surface area (Å²) >= 11 is 0. The summed E-state index contributed by atoms with van der Waals surface area (Å²) in [5.41, 5.74) is 3.10. The van der Waals surface area contributed by atoms with E-state index in [1.807, 2.05) is 36.4 Å².